The Hall–Kier alpha value is -0.920. The number of hydrogen-bond donors (Lipinski definition) is 2. The second kappa shape index (κ2) is 3.46. The molecule has 0 aromatic carbocycles. The third-order valence-corrected chi connectivity index (χ3v) is 1.39. The van der Waals surface area contributed by atoms with Crippen LogP contribution in [0.15, 0.2) is 11.6 Å². The molecular formula is C9H16N2. The Morgan fingerprint density at radius 3 is 1.82 bits per heavy atom. The largest absolute Gasteiger partial charge is 0.308 e. The Morgan fingerprint density at radius 2 is 1.73 bits per heavy atom. The van der Waals surface area contributed by atoms with Gasteiger partial charge in [0, 0.05) is 11.9 Å². The summed E-state index contributed by atoms with van der Waals surface area (Å²) in [6.45, 7) is 7.82. The second-order valence-corrected chi connectivity index (χ2v) is 3.68. The smallest absolute Gasteiger partial charge is 0.0286 e. The van der Waals surface area contributed by atoms with E-state index in [1.165, 1.54) is 6.21 Å². The van der Waals surface area contributed by atoms with E-state index in [4.69, 9.17) is 10.8 Å². The third-order valence-electron chi connectivity index (χ3n) is 1.39. The topological polar surface area (TPSA) is 47.7 Å². The lowest BCUT2D eigenvalue weighted by Crippen LogP contribution is -2.11. The number of nitrogens with one attached hydrogen (secondary N) is 2. The zero-order valence-corrected chi connectivity index (χ0v) is 7.65. The van der Waals surface area contributed by atoms with Crippen molar-refractivity contribution in [1.82, 2.24) is 0 Å². The molecule has 11 heavy (non-hydrogen) atoms. The molecule has 2 N–H and O–H groups in total. The molecule has 0 spiro atoms. The number of hydrogen-bond acceptors (Lipinski definition) is 2. The van der Waals surface area contributed by atoms with Crippen molar-refractivity contribution >= 4 is 11.9 Å². The van der Waals surface area contributed by atoms with E-state index < -0.39 is 0 Å². The number of allylic oxidation sites excluding steroid dienone is 2. The van der Waals surface area contributed by atoms with Crippen LogP contribution in [0, 0.1) is 16.2 Å². The van der Waals surface area contributed by atoms with Crippen molar-refractivity contribution < 1.29 is 0 Å². The third kappa shape index (κ3) is 3.71. The fourth-order valence-corrected chi connectivity index (χ4v) is 0.708. The Labute approximate surface area is 68.3 Å². The van der Waals surface area contributed by atoms with Gasteiger partial charge in [-0.25, -0.2) is 0 Å². The molecule has 0 bridgehead atoms. The lowest BCUT2D eigenvalue weighted by Gasteiger charge is -2.18. The first-order valence-corrected chi connectivity index (χ1v) is 3.65. The van der Waals surface area contributed by atoms with E-state index in [1.807, 2.05) is 20.8 Å². The molecule has 0 saturated carbocycles. The van der Waals surface area contributed by atoms with Gasteiger partial charge in [-0.05, 0) is 24.0 Å². The van der Waals surface area contributed by atoms with Crippen molar-refractivity contribution in [3.05, 3.63) is 11.6 Å². The average Bonchev–Trinajstić information content (AvgIpc) is 1.79. The van der Waals surface area contributed by atoms with Crippen LogP contribution in [-0.2, 0) is 0 Å². The normalized spacial score (nSPS) is 12.9. The van der Waals surface area contributed by atoms with Gasteiger partial charge in [-0.2, -0.15) is 0 Å². The highest BCUT2D eigenvalue weighted by molar-refractivity contribution is 5.96. The Balaban J connectivity index is 4.68. The van der Waals surface area contributed by atoms with Crippen molar-refractivity contribution in [2.75, 3.05) is 0 Å². The SMILES string of the molecule is CC(=N)/C=C(\C=N)C(C)(C)C. The number of rotatable bonds is 2. The molecule has 0 saturated heterocycles. The van der Waals surface area contributed by atoms with Gasteiger partial charge in [0.1, 0.15) is 0 Å². The fourth-order valence-electron chi connectivity index (χ4n) is 0.708. The Kier molecular flexibility index (Phi) is 3.18. The minimum absolute atomic E-state index is 0.0237. The van der Waals surface area contributed by atoms with E-state index in [0.29, 0.717) is 5.71 Å². The first-order chi connectivity index (χ1) is 4.88. The van der Waals surface area contributed by atoms with Gasteiger partial charge in [0.2, 0.25) is 0 Å². The predicted molar refractivity (Wildman–Crippen MR) is 49.7 cm³/mol. The molecule has 0 rings (SSSR count). The van der Waals surface area contributed by atoms with Crippen LogP contribution in [0.3, 0.4) is 0 Å². The molecule has 0 aliphatic heterocycles. The summed E-state index contributed by atoms with van der Waals surface area (Å²) in [6.07, 6.45) is 3.05. The van der Waals surface area contributed by atoms with Crippen molar-refractivity contribution in [2.45, 2.75) is 27.7 Å². The van der Waals surface area contributed by atoms with Crippen molar-refractivity contribution in [3.63, 3.8) is 0 Å². The van der Waals surface area contributed by atoms with Crippen LogP contribution in [0.25, 0.3) is 0 Å². The summed E-state index contributed by atoms with van der Waals surface area (Å²) in [6, 6.07) is 0. The van der Waals surface area contributed by atoms with E-state index in [-0.39, 0.29) is 5.41 Å². The molecule has 0 aliphatic carbocycles. The molecule has 0 aromatic heterocycles. The highest BCUT2D eigenvalue weighted by Crippen LogP contribution is 2.22. The molecular weight excluding hydrogens is 136 g/mol. The molecule has 0 aromatic rings. The summed E-state index contributed by atoms with van der Waals surface area (Å²) in [5, 5.41) is 14.3. The Bertz CT molecular complexity index is 194. The maximum absolute atomic E-state index is 7.23. The summed E-state index contributed by atoms with van der Waals surface area (Å²) < 4.78 is 0. The van der Waals surface area contributed by atoms with Crippen LogP contribution in [0.4, 0.5) is 0 Å². The van der Waals surface area contributed by atoms with Gasteiger partial charge in [-0.3, -0.25) is 0 Å². The van der Waals surface area contributed by atoms with Gasteiger partial charge in [0.05, 0.1) is 0 Å². The monoisotopic (exact) mass is 152 g/mol. The van der Waals surface area contributed by atoms with Gasteiger partial charge in [-0.15, -0.1) is 0 Å². The van der Waals surface area contributed by atoms with Crippen molar-refractivity contribution in [1.29, 1.82) is 10.8 Å². The molecule has 0 aliphatic rings. The molecule has 0 radical (unpaired) electrons. The first kappa shape index (κ1) is 10.1. The van der Waals surface area contributed by atoms with Crippen LogP contribution in [0.2, 0.25) is 0 Å². The first-order valence-electron chi connectivity index (χ1n) is 3.65. The average molecular weight is 152 g/mol. The molecule has 2 heteroatoms. The predicted octanol–water partition coefficient (Wildman–Crippen LogP) is 2.65. The summed E-state index contributed by atoms with van der Waals surface area (Å²) in [4.78, 5) is 0. The minimum Gasteiger partial charge on any atom is -0.308 e. The quantitative estimate of drug-likeness (QED) is 0.571. The van der Waals surface area contributed by atoms with Gasteiger partial charge in [-0.1, -0.05) is 20.8 Å². The molecule has 0 heterocycles. The standard InChI is InChI=1S/C9H16N2/c1-7(11)5-8(6-10)9(2,3)4/h5-6,10-11H,1-4H3/b8-5+,10-6?,11-7?. The summed E-state index contributed by atoms with van der Waals surface area (Å²) in [5.41, 5.74) is 1.37. The molecule has 62 valence electrons. The van der Waals surface area contributed by atoms with E-state index in [9.17, 15) is 0 Å². The highest BCUT2D eigenvalue weighted by Gasteiger charge is 2.14. The molecule has 2 nitrogen and oxygen atoms in total. The van der Waals surface area contributed by atoms with Gasteiger partial charge in [0.25, 0.3) is 0 Å². The van der Waals surface area contributed by atoms with Crippen molar-refractivity contribution in [3.8, 4) is 0 Å². The maximum atomic E-state index is 7.23. The van der Waals surface area contributed by atoms with Crippen LogP contribution < -0.4 is 0 Å². The molecule has 0 fully saturated rings. The maximum Gasteiger partial charge on any atom is 0.0286 e. The Morgan fingerprint density at radius 1 is 1.27 bits per heavy atom. The van der Waals surface area contributed by atoms with Gasteiger partial charge < -0.3 is 10.8 Å². The molecule has 0 amide bonds. The van der Waals surface area contributed by atoms with E-state index in [2.05, 4.69) is 0 Å². The van der Waals surface area contributed by atoms with Crippen molar-refractivity contribution in [2.24, 2.45) is 5.41 Å². The van der Waals surface area contributed by atoms with Crippen LogP contribution in [0.1, 0.15) is 27.7 Å². The van der Waals surface area contributed by atoms with Gasteiger partial charge in [0.15, 0.2) is 0 Å². The van der Waals surface area contributed by atoms with Crippen LogP contribution >= 0.6 is 0 Å². The summed E-state index contributed by atoms with van der Waals surface area (Å²) in [5.74, 6) is 0. The summed E-state index contributed by atoms with van der Waals surface area (Å²) >= 11 is 0. The zero-order valence-electron chi connectivity index (χ0n) is 7.65. The minimum atomic E-state index is -0.0237. The summed E-state index contributed by atoms with van der Waals surface area (Å²) in [7, 11) is 0. The molecule has 0 unspecified atom stereocenters. The lowest BCUT2D eigenvalue weighted by atomic mass is 9.86. The van der Waals surface area contributed by atoms with Crippen LogP contribution in [0.5, 0.6) is 0 Å². The van der Waals surface area contributed by atoms with Gasteiger partial charge >= 0.3 is 0 Å². The fraction of sp³-hybridized carbons (Fsp3) is 0.556. The zero-order chi connectivity index (χ0) is 9.07. The molecule has 0 atom stereocenters. The highest BCUT2D eigenvalue weighted by atomic mass is 14.4. The van der Waals surface area contributed by atoms with E-state index in [1.54, 1.807) is 13.0 Å². The van der Waals surface area contributed by atoms with E-state index >= 15 is 0 Å². The second-order valence-electron chi connectivity index (χ2n) is 3.68. The lowest BCUT2D eigenvalue weighted by molar-refractivity contribution is 0.527. The van der Waals surface area contributed by atoms with E-state index in [0.717, 1.165) is 5.57 Å². The van der Waals surface area contributed by atoms with Crippen LogP contribution in [-0.4, -0.2) is 11.9 Å².